The van der Waals surface area contributed by atoms with Crippen molar-refractivity contribution < 1.29 is 14.0 Å². The Morgan fingerprint density at radius 3 is 2.57 bits per heavy atom. The fourth-order valence-electron chi connectivity index (χ4n) is 2.14. The van der Waals surface area contributed by atoms with Gasteiger partial charge < -0.3 is 4.42 Å². The van der Waals surface area contributed by atoms with E-state index in [4.69, 9.17) is 28.2 Å². The van der Waals surface area contributed by atoms with Crippen LogP contribution in [0.4, 0.5) is 0 Å². The minimum absolute atomic E-state index is 0.0270. The molecule has 0 atom stereocenters. The number of thiocarbonyl (C=S) groups is 1. The lowest BCUT2D eigenvalue weighted by molar-refractivity contribution is -0.115. The Kier molecular flexibility index (Phi) is 6.59. The summed E-state index contributed by atoms with van der Waals surface area (Å²) in [7, 11) is 0. The normalized spacial score (nSPS) is 10.6. The van der Waals surface area contributed by atoms with Crippen molar-refractivity contribution in [3.63, 3.8) is 0 Å². The first-order valence-corrected chi connectivity index (χ1v) is 9.66. The average Bonchev–Trinajstić information content (AvgIpc) is 3.37. The molecule has 9 heteroatoms. The number of thiophene rings is 1. The van der Waals surface area contributed by atoms with Crippen molar-refractivity contribution in [3.8, 4) is 11.3 Å². The lowest BCUT2D eigenvalue weighted by Gasteiger charge is -2.08. The third-order valence-corrected chi connectivity index (χ3v) is 4.75. The van der Waals surface area contributed by atoms with Gasteiger partial charge >= 0.3 is 0 Å². The van der Waals surface area contributed by atoms with Crippen molar-refractivity contribution in [1.29, 1.82) is 0 Å². The summed E-state index contributed by atoms with van der Waals surface area (Å²) in [5.41, 5.74) is 5.75. The van der Waals surface area contributed by atoms with E-state index in [1.165, 1.54) is 23.5 Å². The number of hydrogen-bond donors (Lipinski definition) is 3. The molecule has 0 saturated carbocycles. The average molecular weight is 432 g/mol. The number of benzene rings is 1. The number of halogens is 1. The van der Waals surface area contributed by atoms with Crippen molar-refractivity contribution in [2.24, 2.45) is 0 Å². The fraction of sp³-hybridized carbons (Fsp3) is 0. The van der Waals surface area contributed by atoms with Crippen LogP contribution < -0.4 is 16.2 Å². The lowest BCUT2D eigenvalue weighted by atomic mass is 10.2. The van der Waals surface area contributed by atoms with Gasteiger partial charge in [-0.1, -0.05) is 17.7 Å². The van der Waals surface area contributed by atoms with Gasteiger partial charge in [0.1, 0.15) is 11.5 Å². The summed E-state index contributed by atoms with van der Waals surface area (Å²) in [5, 5.41) is 4.82. The summed E-state index contributed by atoms with van der Waals surface area (Å²) in [6.07, 6.45) is 2.79. The van der Waals surface area contributed by atoms with Gasteiger partial charge in [-0.3, -0.25) is 25.8 Å². The molecule has 0 bridgehead atoms. The van der Waals surface area contributed by atoms with Crippen LogP contribution in [0.3, 0.4) is 0 Å². The SMILES string of the molecule is O=C(C=Cc1ccc(-c2ccc(Cl)cc2)o1)NC(=S)NNC(=O)c1cccs1. The van der Waals surface area contributed by atoms with Crippen molar-refractivity contribution >= 4 is 58.2 Å². The van der Waals surface area contributed by atoms with E-state index in [9.17, 15) is 9.59 Å². The van der Waals surface area contributed by atoms with E-state index in [2.05, 4.69) is 16.2 Å². The molecular formula is C19H14ClN3O3S2. The molecule has 142 valence electrons. The highest BCUT2D eigenvalue weighted by Gasteiger charge is 2.07. The molecule has 0 aliphatic carbocycles. The summed E-state index contributed by atoms with van der Waals surface area (Å²) < 4.78 is 5.67. The predicted octanol–water partition coefficient (Wildman–Crippen LogP) is 4.01. The van der Waals surface area contributed by atoms with E-state index in [1.54, 1.807) is 41.8 Å². The zero-order chi connectivity index (χ0) is 19.9. The van der Waals surface area contributed by atoms with Crippen LogP contribution in [-0.2, 0) is 4.79 Å². The number of hydrogen-bond acceptors (Lipinski definition) is 5. The highest BCUT2D eigenvalue weighted by molar-refractivity contribution is 7.80. The summed E-state index contributed by atoms with van der Waals surface area (Å²) in [6.45, 7) is 0. The number of hydrazine groups is 1. The molecule has 2 heterocycles. The molecule has 2 amide bonds. The van der Waals surface area contributed by atoms with Crippen molar-refractivity contribution in [1.82, 2.24) is 16.2 Å². The first kappa shape index (κ1) is 19.8. The Hall–Kier alpha value is -2.94. The fourth-order valence-corrected chi connectivity index (χ4v) is 3.03. The second kappa shape index (κ2) is 9.32. The minimum atomic E-state index is -0.465. The molecule has 3 N–H and O–H groups in total. The second-order valence-electron chi connectivity index (χ2n) is 5.42. The first-order chi connectivity index (χ1) is 13.5. The van der Waals surface area contributed by atoms with E-state index in [-0.39, 0.29) is 11.0 Å². The van der Waals surface area contributed by atoms with Crippen molar-refractivity contribution in [2.75, 3.05) is 0 Å². The maximum Gasteiger partial charge on any atom is 0.279 e. The monoisotopic (exact) mass is 431 g/mol. The number of furan rings is 1. The quantitative estimate of drug-likeness (QED) is 0.330. The van der Waals surface area contributed by atoms with Crippen LogP contribution in [0.25, 0.3) is 17.4 Å². The molecule has 0 fully saturated rings. The second-order valence-corrected chi connectivity index (χ2v) is 7.21. The van der Waals surface area contributed by atoms with E-state index >= 15 is 0 Å². The molecule has 0 aliphatic rings. The topological polar surface area (TPSA) is 83.4 Å². The highest BCUT2D eigenvalue weighted by Crippen LogP contribution is 2.24. The number of nitrogens with one attached hydrogen (secondary N) is 3. The molecular weight excluding hydrogens is 418 g/mol. The molecule has 0 aliphatic heterocycles. The number of carbonyl (C=O) groups excluding carboxylic acids is 2. The van der Waals surface area contributed by atoms with Gasteiger partial charge in [0.05, 0.1) is 4.88 Å². The third-order valence-electron chi connectivity index (χ3n) is 3.43. The molecule has 1 aromatic carbocycles. The summed E-state index contributed by atoms with van der Waals surface area (Å²) >= 11 is 12.1. The van der Waals surface area contributed by atoms with Gasteiger partial charge in [-0.2, -0.15) is 0 Å². The largest absolute Gasteiger partial charge is 0.457 e. The van der Waals surface area contributed by atoms with Gasteiger partial charge in [0.25, 0.3) is 5.91 Å². The highest BCUT2D eigenvalue weighted by atomic mass is 35.5. The minimum Gasteiger partial charge on any atom is -0.457 e. The zero-order valence-corrected chi connectivity index (χ0v) is 16.7. The Balaban J connectivity index is 1.49. The molecule has 3 aromatic rings. The standard InChI is InChI=1S/C19H14ClN3O3S2/c20-13-5-3-12(4-6-13)15-9-7-14(26-15)8-10-17(24)21-19(27)23-22-18(25)16-2-1-11-28-16/h1-11H,(H,22,25)(H2,21,23,24,27). The van der Waals surface area contributed by atoms with Crippen LogP contribution in [0.5, 0.6) is 0 Å². The van der Waals surface area contributed by atoms with Gasteiger partial charge in [-0.25, -0.2) is 0 Å². The van der Waals surface area contributed by atoms with Gasteiger partial charge in [-0.05, 0) is 66.1 Å². The number of amides is 2. The molecule has 2 aromatic heterocycles. The lowest BCUT2D eigenvalue weighted by Crippen LogP contribution is -2.48. The van der Waals surface area contributed by atoms with Crippen LogP contribution in [0.1, 0.15) is 15.4 Å². The van der Waals surface area contributed by atoms with Gasteiger partial charge in [0, 0.05) is 16.7 Å². The molecule has 3 rings (SSSR count). The molecule has 28 heavy (non-hydrogen) atoms. The van der Waals surface area contributed by atoms with E-state index in [1.807, 2.05) is 12.1 Å². The molecule has 6 nitrogen and oxygen atoms in total. The molecule has 0 unspecified atom stereocenters. The molecule has 0 saturated heterocycles. The van der Waals surface area contributed by atoms with Gasteiger partial charge in [-0.15, -0.1) is 11.3 Å². The smallest absolute Gasteiger partial charge is 0.279 e. The summed E-state index contributed by atoms with van der Waals surface area (Å²) in [5.74, 6) is 0.356. The van der Waals surface area contributed by atoms with Crippen LogP contribution >= 0.6 is 35.2 Å². The van der Waals surface area contributed by atoms with Crippen molar-refractivity contribution in [3.05, 3.63) is 75.6 Å². The number of rotatable bonds is 4. The summed E-state index contributed by atoms with van der Waals surface area (Å²) in [6, 6.07) is 14.2. The Morgan fingerprint density at radius 1 is 1.07 bits per heavy atom. The Morgan fingerprint density at radius 2 is 1.86 bits per heavy atom. The van der Waals surface area contributed by atoms with E-state index in [0.29, 0.717) is 21.4 Å². The van der Waals surface area contributed by atoms with Crippen LogP contribution in [0, 0.1) is 0 Å². The third kappa shape index (κ3) is 5.53. The van der Waals surface area contributed by atoms with Gasteiger partial charge in [0.2, 0.25) is 5.91 Å². The van der Waals surface area contributed by atoms with Crippen LogP contribution in [0.15, 0.2) is 64.4 Å². The zero-order valence-electron chi connectivity index (χ0n) is 14.3. The Labute approximate surface area is 175 Å². The molecule has 0 radical (unpaired) electrons. The molecule has 0 spiro atoms. The van der Waals surface area contributed by atoms with Gasteiger partial charge in [0.15, 0.2) is 5.11 Å². The maximum absolute atomic E-state index is 11.9. The van der Waals surface area contributed by atoms with Crippen LogP contribution in [0.2, 0.25) is 5.02 Å². The maximum atomic E-state index is 11.9. The first-order valence-electron chi connectivity index (χ1n) is 8.00. The Bertz CT molecular complexity index is 1010. The van der Waals surface area contributed by atoms with E-state index in [0.717, 1.165) is 5.56 Å². The van der Waals surface area contributed by atoms with E-state index < -0.39 is 5.91 Å². The summed E-state index contributed by atoms with van der Waals surface area (Å²) in [4.78, 5) is 24.2. The van der Waals surface area contributed by atoms with Crippen LogP contribution in [-0.4, -0.2) is 16.9 Å². The van der Waals surface area contributed by atoms with Crippen molar-refractivity contribution in [2.45, 2.75) is 0 Å². The number of carbonyl (C=O) groups is 2. The predicted molar refractivity (Wildman–Crippen MR) is 114 cm³/mol.